The van der Waals surface area contributed by atoms with Crippen LogP contribution in [0.4, 0.5) is 5.95 Å². The van der Waals surface area contributed by atoms with Crippen molar-refractivity contribution >= 4 is 17.5 Å². The zero-order valence-electron chi connectivity index (χ0n) is 21.4. The number of aryl methyl sites for hydroxylation is 2. The second-order valence-corrected chi connectivity index (χ2v) is 11.2. The summed E-state index contributed by atoms with van der Waals surface area (Å²) in [5.74, 6) is 2.65. The van der Waals surface area contributed by atoms with Crippen LogP contribution in [0.5, 0.6) is 11.8 Å². The molecule has 2 aromatic rings. The Hall–Kier alpha value is -2.16. The van der Waals surface area contributed by atoms with Crippen LogP contribution in [-0.4, -0.2) is 76.4 Å². The number of anilines is 1. The van der Waals surface area contributed by atoms with Crippen molar-refractivity contribution in [1.82, 2.24) is 25.2 Å². The molecule has 36 heavy (non-hydrogen) atoms. The normalized spacial score (nSPS) is 21.1. The standard InChI is InChI=1S/C23H31ClN6O2.C4H8/c24-18-13-17(14-19(31)15-18)3-4-20-26-21(29-11-7-25-8-12-29)28-22(27-20)32-16-23-5-1-9-30(23)10-2-6-23;1-4-2-3-4/h13-15,25,31H,1-12,16H2;4H,2-3H2,1H3. The number of hydrogen-bond acceptors (Lipinski definition) is 8. The third-order valence-electron chi connectivity index (χ3n) is 7.78. The Kier molecular flexibility index (Phi) is 8.13. The molecule has 0 unspecified atom stereocenters. The van der Waals surface area contributed by atoms with Crippen LogP contribution in [0.25, 0.3) is 0 Å². The number of phenolic OH excluding ortho intramolecular Hbond substituents is 1. The molecule has 0 atom stereocenters. The molecule has 1 aromatic heterocycles. The molecule has 1 aromatic carbocycles. The molecular formula is C27H39ClN6O2. The predicted molar refractivity (Wildman–Crippen MR) is 142 cm³/mol. The van der Waals surface area contributed by atoms with Crippen molar-refractivity contribution in [1.29, 1.82) is 0 Å². The number of phenols is 1. The molecule has 0 spiro atoms. The average molecular weight is 515 g/mol. The first kappa shape index (κ1) is 25.5. The number of aromatic nitrogens is 3. The summed E-state index contributed by atoms with van der Waals surface area (Å²) in [6.07, 6.45) is 9.13. The first-order valence-corrected chi connectivity index (χ1v) is 13.9. The van der Waals surface area contributed by atoms with Gasteiger partial charge in [-0.1, -0.05) is 31.4 Å². The molecule has 0 bridgehead atoms. The van der Waals surface area contributed by atoms with Gasteiger partial charge in [0.05, 0.1) is 5.54 Å². The number of hydrogen-bond donors (Lipinski definition) is 2. The van der Waals surface area contributed by atoms with Crippen molar-refractivity contribution in [3.05, 3.63) is 34.6 Å². The van der Waals surface area contributed by atoms with Gasteiger partial charge in [0.1, 0.15) is 18.2 Å². The molecular weight excluding hydrogens is 476 g/mol. The minimum Gasteiger partial charge on any atom is -0.508 e. The third-order valence-corrected chi connectivity index (χ3v) is 7.99. The Labute approximate surface area is 219 Å². The number of fused-ring (bicyclic) bond motifs is 1. The molecule has 0 amide bonds. The van der Waals surface area contributed by atoms with E-state index in [1.54, 1.807) is 6.07 Å². The first-order valence-electron chi connectivity index (χ1n) is 13.6. The fraction of sp³-hybridized carbons (Fsp3) is 0.667. The van der Waals surface area contributed by atoms with Crippen LogP contribution in [0.1, 0.15) is 56.8 Å². The van der Waals surface area contributed by atoms with Crippen LogP contribution in [0.3, 0.4) is 0 Å². The Morgan fingerprint density at radius 1 is 1.03 bits per heavy atom. The van der Waals surface area contributed by atoms with Crippen LogP contribution in [0.2, 0.25) is 5.02 Å². The van der Waals surface area contributed by atoms with E-state index in [1.807, 2.05) is 6.07 Å². The molecule has 6 rings (SSSR count). The highest BCUT2D eigenvalue weighted by molar-refractivity contribution is 6.30. The Morgan fingerprint density at radius 2 is 1.75 bits per heavy atom. The van der Waals surface area contributed by atoms with Crippen molar-refractivity contribution < 1.29 is 9.84 Å². The lowest BCUT2D eigenvalue weighted by molar-refractivity contribution is 0.107. The molecule has 9 heteroatoms. The van der Waals surface area contributed by atoms with Crippen molar-refractivity contribution in [2.45, 2.75) is 63.8 Å². The van der Waals surface area contributed by atoms with E-state index >= 15 is 0 Å². The van der Waals surface area contributed by atoms with Crippen molar-refractivity contribution in [2.24, 2.45) is 5.92 Å². The largest absolute Gasteiger partial charge is 0.508 e. The quantitative estimate of drug-likeness (QED) is 0.576. The fourth-order valence-electron chi connectivity index (χ4n) is 5.43. The molecule has 4 aliphatic rings. The third kappa shape index (κ3) is 6.58. The number of nitrogens with zero attached hydrogens (tertiary/aromatic N) is 5. The van der Waals surface area contributed by atoms with Gasteiger partial charge in [0.25, 0.3) is 0 Å². The Balaban J connectivity index is 0.000000608. The number of ether oxygens (including phenoxy) is 1. The van der Waals surface area contributed by atoms with E-state index in [4.69, 9.17) is 21.3 Å². The predicted octanol–water partition coefficient (Wildman–Crippen LogP) is 3.85. The monoisotopic (exact) mass is 514 g/mol. The second-order valence-electron chi connectivity index (χ2n) is 10.8. The average Bonchev–Trinajstić information content (AvgIpc) is 3.39. The van der Waals surface area contributed by atoms with Crippen LogP contribution in [-0.2, 0) is 12.8 Å². The molecule has 1 saturated carbocycles. The number of halogens is 1. The fourth-order valence-corrected chi connectivity index (χ4v) is 5.68. The van der Waals surface area contributed by atoms with E-state index in [1.165, 1.54) is 57.7 Å². The zero-order valence-corrected chi connectivity index (χ0v) is 22.1. The highest BCUT2D eigenvalue weighted by Gasteiger charge is 2.45. The van der Waals surface area contributed by atoms with Gasteiger partial charge >= 0.3 is 6.01 Å². The molecule has 1 aliphatic carbocycles. The van der Waals surface area contributed by atoms with Gasteiger partial charge in [-0.25, -0.2) is 0 Å². The summed E-state index contributed by atoms with van der Waals surface area (Å²) < 4.78 is 6.25. The molecule has 3 saturated heterocycles. The first-order chi connectivity index (χ1) is 17.5. The second kappa shape index (κ2) is 11.5. The molecule has 0 radical (unpaired) electrons. The van der Waals surface area contributed by atoms with Gasteiger partial charge in [-0.3, -0.25) is 4.90 Å². The van der Waals surface area contributed by atoms with E-state index in [-0.39, 0.29) is 11.3 Å². The summed E-state index contributed by atoms with van der Waals surface area (Å²) in [6.45, 7) is 8.81. The molecule has 4 fully saturated rings. The van der Waals surface area contributed by atoms with Gasteiger partial charge in [-0.15, -0.1) is 0 Å². The summed E-state index contributed by atoms with van der Waals surface area (Å²) >= 11 is 6.09. The molecule has 3 aliphatic heterocycles. The topological polar surface area (TPSA) is 86.6 Å². The minimum absolute atomic E-state index is 0.153. The zero-order chi connectivity index (χ0) is 25.0. The lowest BCUT2D eigenvalue weighted by Gasteiger charge is -2.31. The molecule has 196 valence electrons. The lowest BCUT2D eigenvalue weighted by atomic mass is 9.95. The highest BCUT2D eigenvalue weighted by Crippen LogP contribution is 2.39. The molecule has 2 N–H and O–H groups in total. The van der Waals surface area contributed by atoms with Gasteiger partial charge < -0.3 is 20.1 Å². The van der Waals surface area contributed by atoms with E-state index in [2.05, 4.69) is 32.0 Å². The lowest BCUT2D eigenvalue weighted by Crippen LogP contribution is -2.45. The summed E-state index contributed by atoms with van der Waals surface area (Å²) in [7, 11) is 0. The maximum absolute atomic E-state index is 9.84. The minimum atomic E-state index is 0.153. The van der Waals surface area contributed by atoms with Crippen LogP contribution >= 0.6 is 11.6 Å². The number of piperazine rings is 1. The van der Waals surface area contributed by atoms with Gasteiger partial charge in [0.15, 0.2) is 0 Å². The van der Waals surface area contributed by atoms with Crippen LogP contribution in [0, 0.1) is 5.92 Å². The number of aromatic hydroxyl groups is 1. The smallest absolute Gasteiger partial charge is 0.321 e. The summed E-state index contributed by atoms with van der Waals surface area (Å²) in [4.78, 5) is 18.9. The van der Waals surface area contributed by atoms with Crippen molar-refractivity contribution in [3.63, 3.8) is 0 Å². The number of nitrogens with one attached hydrogen (secondary N) is 1. The Bertz CT molecular complexity index is 997. The SMILES string of the molecule is CC1CC1.Oc1cc(Cl)cc(CCc2nc(OCC34CCCN3CCC4)nc(N3CCNCC3)n2)c1. The van der Waals surface area contributed by atoms with E-state index < -0.39 is 0 Å². The molecule has 8 nitrogen and oxygen atoms in total. The maximum atomic E-state index is 9.84. The van der Waals surface area contributed by atoms with Crippen molar-refractivity contribution in [2.75, 3.05) is 50.8 Å². The van der Waals surface area contributed by atoms with Gasteiger partial charge in [-0.05, 0) is 74.9 Å². The summed E-state index contributed by atoms with van der Waals surface area (Å²) in [6, 6.07) is 5.56. The van der Waals surface area contributed by atoms with Crippen LogP contribution < -0.4 is 15.0 Å². The molecule has 4 heterocycles. The van der Waals surface area contributed by atoms with Gasteiger partial charge in [-0.2, -0.15) is 15.0 Å². The summed E-state index contributed by atoms with van der Waals surface area (Å²) in [5.41, 5.74) is 1.10. The van der Waals surface area contributed by atoms with E-state index in [9.17, 15) is 5.11 Å². The van der Waals surface area contributed by atoms with E-state index in [0.717, 1.165) is 37.7 Å². The number of rotatable bonds is 7. The summed E-state index contributed by atoms with van der Waals surface area (Å²) in [5, 5.41) is 13.7. The van der Waals surface area contributed by atoms with E-state index in [0.29, 0.717) is 42.3 Å². The highest BCUT2D eigenvalue weighted by atomic mass is 35.5. The van der Waals surface area contributed by atoms with Crippen molar-refractivity contribution in [3.8, 4) is 11.8 Å². The maximum Gasteiger partial charge on any atom is 0.321 e. The number of benzene rings is 1. The van der Waals surface area contributed by atoms with Crippen LogP contribution in [0.15, 0.2) is 18.2 Å². The van der Waals surface area contributed by atoms with Gasteiger partial charge in [0, 0.05) is 37.6 Å². The Morgan fingerprint density at radius 3 is 2.42 bits per heavy atom. The van der Waals surface area contributed by atoms with Gasteiger partial charge in [0.2, 0.25) is 5.95 Å².